The molecule has 0 bridgehead atoms. The molecule has 6 nitrogen and oxygen atoms in total. The molecule has 0 spiro atoms. The predicted octanol–water partition coefficient (Wildman–Crippen LogP) is 3.95. The minimum Gasteiger partial charge on any atom is -0.477 e. The summed E-state index contributed by atoms with van der Waals surface area (Å²) in [5, 5.41) is 9.87. The summed E-state index contributed by atoms with van der Waals surface area (Å²) >= 11 is 1.18. The highest BCUT2D eigenvalue weighted by Crippen LogP contribution is 2.34. The molecule has 0 amide bonds. The van der Waals surface area contributed by atoms with Gasteiger partial charge in [-0.15, -0.1) is 11.3 Å². The number of nitrogens with zero attached hydrogens (tertiary/aromatic N) is 1. The van der Waals surface area contributed by atoms with Crippen LogP contribution in [-0.2, 0) is 16.1 Å². The summed E-state index contributed by atoms with van der Waals surface area (Å²) in [6.07, 6.45) is 3.22. The lowest BCUT2D eigenvalue weighted by molar-refractivity contribution is 0.0616. The third kappa shape index (κ3) is 4.33. The van der Waals surface area contributed by atoms with Crippen LogP contribution in [0.25, 0.3) is 10.1 Å². The number of aromatic nitrogens is 1. The highest BCUT2D eigenvalue weighted by molar-refractivity contribution is 7.20. The van der Waals surface area contributed by atoms with E-state index in [1.807, 2.05) is 24.3 Å². The van der Waals surface area contributed by atoms with Crippen molar-refractivity contribution in [2.75, 3.05) is 20.3 Å². The third-order valence-electron chi connectivity index (χ3n) is 3.47. The zero-order chi connectivity index (χ0) is 17.6. The van der Waals surface area contributed by atoms with Gasteiger partial charge < -0.3 is 19.3 Å². The number of pyridine rings is 1. The monoisotopic (exact) mass is 359 g/mol. The molecular formula is C18H17NO5S. The molecule has 25 heavy (non-hydrogen) atoms. The van der Waals surface area contributed by atoms with Crippen molar-refractivity contribution < 1.29 is 24.1 Å². The zero-order valence-corrected chi connectivity index (χ0v) is 14.4. The third-order valence-corrected chi connectivity index (χ3v) is 4.53. The summed E-state index contributed by atoms with van der Waals surface area (Å²) in [5.74, 6) is 0.230. The van der Waals surface area contributed by atoms with Crippen LogP contribution in [0.15, 0.2) is 42.7 Å². The van der Waals surface area contributed by atoms with Crippen LogP contribution in [-0.4, -0.2) is 36.4 Å². The van der Waals surface area contributed by atoms with Gasteiger partial charge >= 0.3 is 5.97 Å². The van der Waals surface area contributed by atoms with Gasteiger partial charge in [0.05, 0.1) is 30.7 Å². The number of hydrogen-bond acceptors (Lipinski definition) is 6. The number of carbonyl (C=O) groups is 1. The Bertz CT molecular complexity index is 860. The Morgan fingerprint density at radius 3 is 2.72 bits per heavy atom. The van der Waals surface area contributed by atoms with Gasteiger partial charge in [-0.2, -0.15) is 0 Å². The van der Waals surface area contributed by atoms with Crippen LogP contribution in [0, 0.1) is 0 Å². The topological polar surface area (TPSA) is 77.9 Å². The summed E-state index contributed by atoms with van der Waals surface area (Å²) in [6, 6.07) is 9.14. The molecule has 7 heteroatoms. The molecule has 0 saturated carbocycles. The van der Waals surface area contributed by atoms with Gasteiger partial charge in [-0.25, -0.2) is 4.79 Å². The van der Waals surface area contributed by atoms with Crippen LogP contribution in [0.1, 0.15) is 15.2 Å². The van der Waals surface area contributed by atoms with Gasteiger partial charge in [-0.1, -0.05) is 12.1 Å². The molecule has 0 aliphatic heterocycles. The van der Waals surface area contributed by atoms with Gasteiger partial charge in [0.1, 0.15) is 10.6 Å². The van der Waals surface area contributed by atoms with Crippen molar-refractivity contribution in [2.24, 2.45) is 0 Å². The number of aromatic carboxylic acids is 1. The van der Waals surface area contributed by atoms with Crippen LogP contribution >= 0.6 is 11.3 Å². The van der Waals surface area contributed by atoms with Crippen molar-refractivity contribution in [3.63, 3.8) is 0 Å². The summed E-state index contributed by atoms with van der Waals surface area (Å²) in [5.41, 5.74) is 1.03. The maximum absolute atomic E-state index is 11.1. The molecule has 0 aliphatic rings. The van der Waals surface area contributed by atoms with E-state index < -0.39 is 5.97 Å². The van der Waals surface area contributed by atoms with Gasteiger partial charge in [0.15, 0.2) is 5.75 Å². The summed E-state index contributed by atoms with van der Waals surface area (Å²) < 4.78 is 17.1. The van der Waals surface area contributed by atoms with E-state index in [0.717, 1.165) is 15.6 Å². The second kappa shape index (κ2) is 8.06. The van der Waals surface area contributed by atoms with E-state index in [2.05, 4.69) is 4.98 Å². The van der Waals surface area contributed by atoms with Crippen LogP contribution in [0.2, 0.25) is 0 Å². The van der Waals surface area contributed by atoms with Crippen molar-refractivity contribution in [1.29, 1.82) is 0 Å². The number of fused-ring (bicyclic) bond motifs is 1. The lowest BCUT2D eigenvalue weighted by atomic mass is 10.2. The molecule has 2 aromatic heterocycles. The van der Waals surface area contributed by atoms with Gasteiger partial charge in [0.2, 0.25) is 0 Å². The Balaban J connectivity index is 1.72. The lowest BCUT2D eigenvalue weighted by Gasteiger charge is -2.08. The van der Waals surface area contributed by atoms with Crippen LogP contribution in [0.3, 0.4) is 0 Å². The molecule has 3 aromatic rings. The molecular weight excluding hydrogens is 342 g/mol. The van der Waals surface area contributed by atoms with Crippen molar-refractivity contribution >= 4 is 27.4 Å². The molecule has 0 radical (unpaired) electrons. The normalized spacial score (nSPS) is 10.9. The molecule has 0 fully saturated rings. The Labute approximate surface area is 148 Å². The average molecular weight is 359 g/mol. The first kappa shape index (κ1) is 17.3. The lowest BCUT2D eigenvalue weighted by Crippen LogP contribution is -2.01. The fraction of sp³-hybridized carbons (Fsp3) is 0.222. The molecule has 1 N–H and O–H groups in total. The molecule has 2 heterocycles. The van der Waals surface area contributed by atoms with E-state index >= 15 is 0 Å². The van der Waals surface area contributed by atoms with E-state index in [0.29, 0.717) is 31.3 Å². The first-order valence-corrected chi connectivity index (χ1v) is 8.43. The quantitative estimate of drug-likeness (QED) is 0.614. The fourth-order valence-electron chi connectivity index (χ4n) is 2.24. The summed E-state index contributed by atoms with van der Waals surface area (Å²) in [4.78, 5) is 15.5. The summed E-state index contributed by atoms with van der Waals surface area (Å²) in [6.45, 7) is 1.62. The zero-order valence-electron chi connectivity index (χ0n) is 13.6. The number of thiophene rings is 1. The maximum atomic E-state index is 11.1. The van der Waals surface area contributed by atoms with Crippen molar-refractivity contribution in [3.05, 3.63) is 53.2 Å². The van der Waals surface area contributed by atoms with Gasteiger partial charge in [0.25, 0.3) is 0 Å². The maximum Gasteiger partial charge on any atom is 0.345 e. The smallest absolute Gasteiger partial charge is 0.345 e. The van der Waals surface area contributed by atoms with Crippen LogP contribution < -0.4 is 4.74 Å². The van der Waals surface area contributed by atoms with E-state index in [1.54, 1.807) is 25.6 Å². The second-order valence-corrected chi connectivity index (χ2v) is 6.34. The summed E-state index contributed by atoms with van der Waals surface area (Å²) in [7, 11) is 1.64. The molecule has 0 unspecified atom stereocenters. The van der Waals surface area contributed by atoms with Crippen molar-refractivity contribution in [2.45, 2.75) is 6.61 Å². The fourth-order valence-corrected chi connectivity index (χ4v) is 3.12. The molecule has 0 aliphatic carbocycles. The standard InChI is InChI=1S/C18H17NO5S/c1-22-6-7-23-11-12-2-4-13(5-3-12)24-15-9-19-10-17-14(15)8-16(25-17)18(20)21/h2-5,8-10H,6-7,11H2,1H3,(H,20,21). The van der Waals surface area contributed by atoms with Crippen molar-refractivity contribution in [3.8, 4) is 11.5 Å². The Morgan fingerprint density at radius 2 is 2.00 bits per heavy atom. The largest absolute Gasteiger partial charge is 0.477 e. The molecule has 3 rings (SSSR count). The number of benzene rings is 1. The number of carboxylic acid groups (broad SMARTS) is 1. The number of rotatable bonds is 8. The van der Waals surface area contributed by atoms with Gasteiger partial charge in [-0.05, 0) is 23.8 Å². The number of carboxylic acids is 1. The van der Waals surface area contributed by atoms with Crippen molar-refractivity contribution in [1.82, 2.24) is 4.98 Å². The number of ether oxygens (including phenoxy) is 3. The Hall–Kier alpha value is -2.48. The van der Waals surface area contributed by atoms with E-state index in [4.69, 9.17) is 19.3 Å². The molecule has 0 saturated heterocycles. The number of methoxy groups -OCH3 is 1. The highest BCUT2D eigenvalue weighted by Gasteiger charge is 2.12. The second-order valence-electron chi connectivity index (χ2n) is 5.26. The van der Waals surface area contributed by atoms with Gasteiger partial charge in [0, 0.05) is 18.7 Å². The minimum atomic E-state index is -0.954. The SMILES string of the molecule is COCCOCc1ccc(Oc2cncc3sc(C(=O)O)cc23)cc1. The highest BCUT2D eigenvalue weighted by atomic mass is 32.1. The minimum absolute atomic E-state index is 0.261. The van der Waals surface area contributed by atoms with Gasteiger partial charge in [-0.3, -0.25) is 4.98 Å². The Morgan fingerprint density at radius 1 is 1.20 bits per heavy atom. The Kier molecular flexibility index (Phi) is 5.60. The van der Waals surface area contributed by atoms with E-state index in [-0.39, 0.29) is 4.88 Å². The number of hydrogen-bond donors (Lipinski definition) is 1. The first-order chi connectivity index (χ1) is 12.2. The first-order valence-electron chi connectivity index (χ1n) is 7.61. The van der Waals surface area contributed by atoms with Crippen LogP contribution in [0.4, 0.5) is 0 Å². The molecule has 1 aromatic carbocycles. The average Bonchev–Trinajstić information content (AvgIpc) is 3.06. The van der Waals surface area contributed by atoms with E-state index in [1.165, 1.54) is 11.3 Å². The predicted molar refractivity (Wildman–Crippen MR) is 94.6 cm³/mol. The van der Waals surface area contributed by atoms with Crippen LogP contribution in [0.5, 0.6) is 11.5 Å². The molecule has 0 atom stereocenters. The van der Waals surface area contributed by atoms with E-state index in [9.17, 15) is 4.79 Å². The molecule has 130 valence electrons.